The molecule has 0 saturated heterocycles. The minimum absolute atomic E-state index is 0.135. The van der Waals surface area contributed by atoms with Crippen LogP contribution in [0.25, 0.3) is 0 Å². The van der Waals surface area contributed by atoms with Crippen LogP contribution in [0.4, 0.5) is 5.69 Å². The fourth-order valence-corrected chi connectivity index (χ4v) is 2.37. The minimum atomic E-state index is -0.153. The monoisotopic (exact) mass is 350 g/mol. The number of methoxy groups -OCH3 is 1. The molecule has 0 radical (unpaired) electrons. The van der Waals surface area contributed by atoms with Gasteiger partial charge >= 0.3 is 0 Å². The highest BCUT2D eigenvalue weighted by atomic mass is 35.5. The van der Waals surface area contributed by atoms with Crippen LogP contribution in [0.2, 0.25) is 5.02 Å². The third-order valence-corrected chi connectivity index (χ3v) is 3.78. The second-order valence-corrected chi connectivity index (χ2v) is 7.11. The molecule has 1 aromatic heterocycles. The third kappa shape index (κ3) is 4.51. The van der Waals surface area contributed by atoms with E-state index in [2.05, 4.69) is 10.3 Å². The van der Waals surface area contributed by atoms with E-state index in [0.717, 1.165) is 11.5 Å². The van der Waals surface area contributed by atoms with Crippen molar-refractivity contribution in [1.29, 1.82) is 0 Å². The minimum Gasteiger partial charge on any atom is -0.495 e. The Balaban J connectivity index is 2.02. The van der Waals surface area contributed by atoms with E-state index in [1.54, 1.807) is 25.3 Å². The number of halogens is 1. The molecule has 1 N–H and O–H groups in total. The number of amides is 1. The Morgan fingerprint density at radius 2 is 2.08 bits per heavy atom. The molecule has 0 spiro atoms. The van der Waals surface area contributed by atoms with Gasteiger partial charge in [0.1, 0.15) is 11.5 Å². The van der Waals surface area contributed by atoms with Crippen molar-refractivity contribution in [2.75, 3.05) is 12.4 Å². The van der Waals surface area contributed by atoms with Crippen molar-refractivity contribution < 1.29 is 13.9 Å². The fraction of sp³-hybridized carbons (Fsp3) is 0.444. The standard InChI is InChI=1S/C18H23ClN2O3/c1-11-14(24-17(20-11)18(2,3)4)8-9-16(22)21-13-10-12(19)6-7-15(13)23-5/h6-7,10H,8-9H2,1-5H3,(H,21,22). The number of oxazole rings is 1. The number of nitrogens with zero attached hydrogens (tertiary/aromatic N) is 1. The summed E-state index contributed by atoms with van der Waals surface area (Å²) in [5.41, 5.74) is 1.23. The van der Waals surface area contributed by atoms with E-state index >= 15 is 0 Å². The van der Waals surface area contributed by atoms with Gasteiger partial charge in [-0.2, -0.15) is 0 Å². The van der Waals surface area contributed by atoms with Crippen molar-refractivity contribution in [3.05, 3.63) is 40.6 Å². The summed E-state index contributed by atoms with van der Waals surface area (Å²) in [4.78, 5) is 16.7. The molecule has 1 aromatic carbocycles. The Hall–Kier alpha value is -2.01. The maximum Gasteiger partial charge on any atom is 0.224 e. The van der Waals surface area contributed by atoms with E-state index < -0.39 is 0 Å². The van der Waals surface area contributed by atoms with Crippen LogP contribution >= 0.6 is 11.6 Å². The zero-order valence-corrected chi connectivity index (χ0v) is 15.5. The largest absolute Gasteiger partial charge is 0.495 e. The molecule has 2 aromatic rings. The molecule has 0 fully saturated rings. The van der Waals surface area contributed by atoms with E-state index in [9.17, 15) is 4.79 Å². The number of aromatic nitrogens is 1. The summed E-state index contributed by atoms with van der Waals surface area (Å²) >= 11 is 5.97. The number of aryl methyl sites for hydroxylation is 2. The summed E-state index contributed by atoms with van der Waals surface area (Å²) in [7, 11) is 1.55. The van der Waals surface area contributed by atoms with E-state index in [4.69, 9.17) is 20.8 Å². The van der Waals surface area contributed by atoms with E-state index in [1.165, 1.54) is 0 Å². The Labute approximate surface area is 147 Å². The number of hydrogen-bond donors (Lipinski definition) is 1. The maximum absolute atomic E-state index is 12.2. The van der Waals surface area contributed by atoms with Crippen LogP contribution in [-0.2, 0) is 16.6 Å². The molecule has 0 aliphatic rings. The average Bonchev–Trinajstić information content (AvgIpc) is 2.87. The molecular weight excluding hydrogens is 328 g/mol. The zero-order valence-electron chi connectivity index (χ0n) is 14.7. The SMILES string of the molecule is COc1ccc(Cl)cc1NC(=O)CCc1oc(C(C)(C)C)nc1C. The maximum atomic E-state index is 12.2. The normalized spacial score (nSPS) is 11.4. The lowest BCUT2D eigenvalue weighted by atomic mass is 9.97. The first-order chi connectivity index (χ1) is 11.2. The van der Waals surface area contributed by atoms with Crippen molar-refractivity contribution in [2.45, 2.75) is 46.0 Å². The first-order valence-corrected chi connectivity index (χ1v) is 8.18. The number of carbonyl (C=O) groups excluding carboxylic acids is 1. The molecule has 0 unspecified atom stereocenters. The molecule has 6 heteroatoms. The molecule has 1 heterocycles. The van der Waals surface area contributed by atoms with Crippen molar-refractivity contribution in [3.8, 4) is 5.75 Å². The quantitative estimate of drug-likeness (QED) is 0.861. The van der Waals surface area contributed by atoms with Crippen LogP contribution in [0.15, 0.2) is 22.6 Å². The molecule has 0 aliphatic heterocycles. The molecule has 5 nitrogen and oxygen atoms in total. The molecule has 0 saturated carbocycles. The van der Waals surface area contributed by atoms with Gasteiger partial charge in [-0.25, -0.2) is 4.98 Å². The lowest BCUT2D eigenvalue weighted by molar-refractivity contribution is -0.116. The molecule has 24 heavy (non-hydrogen) atoms. The van der Waals surface area contributed by atoms with Crippen LogP contribution in [0.1, 0.15) is 44.5 Å². The Bertz CT molecular complexity index is 732. The van der Waals surface area contributed by atoms with E-state index in [-0.39, 0.29) is 17.7 Å². The number of benzene rings is 1. The summed E-state index contributed by atoms with van der Waals surface area (Å²) in [5, 5.41) is 3.35. The summed E-state index contributed by atoms with van der Waals surface area (Å²) in [6.07, 6.45) is 0.777. The van der Waals surface area contributed by atoms with Gasteiger partial charge in [-0.1, -0.05) is 32.4 Å². The lowest BCUT2D eigenvalue weighted by Gasteiger charge is -2.12. The lowest BCUT2D eigenvalue weighted by Crippen LogP contribution is -2.13. The van der Waals surface area contributed by atoms with Gasteiger partial charge in [0.25, 0.3) is 0 Å². The number of hydrogen-bond acceptors (Lipinski definition) is 4. The van der Waals surface area contributed by atoms with Gasteiger partial charge in [0.2, 0.25) is 5.91 Å². The number of carbonyl (C=O) groups is 1. The summed E-state index contributed by atoms with van der Waals surface area (Å²) in [5.74, 6) is 1.86. The Morgan fingerprint density at radius 3 is 2.67 bits per heavy atom. The Kier molecular flexibility index (Phi) is 5.54. The number of rotatable bonds is 5. The van der Waals surface area contributed by atoms with Gasteiger partial charge in [-0.15, -0.1) is 0 Å². The highest BCUT2D eigenvalue weighted by Gasteiger charge is 2.22. The molecular formula is C18H23ClN2O3. The molecule has 1 amide bonds. The van der Waals surface area contributed by atoms with Gasteiger partial charge in [0.15, 0.2) is 5.89 Å². The summed E-state index contributed by atoms with van der Waals surface area (Å²) in [6.45, 7) is 8.02. The highest BCUT2D eigenvalue weighted by Crippen LogP contribution is 2.28. The second kappa shape index (κ2) is 7.26. The summed E-state index contributed by atoms with van der Waals surface area (Å²) < 4.78 is 11.0. The van der Waals surface area contributed by atoms with Crippen LogP contribution < -0.4 is 10.1 Å². The van der Waals surface area contributed by atoms with Crippen LogP contribution in [0.3, 0.4) is 0 Å². The predicted octanol–water partition coefficient (Wildman–Crippen LogP) is 4.51. The van der Waals surface area contributed by atoms with Gasteiger partial charge in [-0.05, 0) is 25.1 Å². The molecule has 2 rings (SSSR count). The third-order valence-electron chi connectivity index (χ3n) is 3.55. The predicted molar refractivity (Wildman–Crippen MR) is 94.9 cm³/mol. The van der Waals surface area contributed by atoms with Crippen molar-refractivity contribution in [1.82, 2.24) is 4.98 Å². The van der Waals surface area contributed by atoms with Crippen LogP contribution in [0, 0.1) is 6.92 Å². The van der Waals surface area contributed by atoms with Gasteiger partial charge in [-0.3, -0.25) is 4.79 Å². The topological polar surface area (TPSA) is 64.4 Å². The molecule has 130 valence electrons. The van der Waals surface area contributed by atoms with E-state index in [1.807, 2.05) is 27.7 Å². The molecule has 0 bridgehead atoms. The average molecular weight is 351 g/mol. The molecule has 0 aliphatic carbocycles. The van der Waals surface area contributed by atoms with Crippen molar-refractivity contribution in [3.63, 3.8) is 0 Å². The summed E-state index contributed by atoms with van der Waals surface area (Å²) in [6, 6.07) is 5.09. The first kappa shape index (κ1) is 18.3. The highest BCUT2D eigenvalue weighted by molar-refractivity contribution is 6.31. The molecule has 0 atom stereocenters. The first-order valence-electron chi connectivity index (χ1n) is 7.81. The van der Waals surface area contributed by atoms with Crippen molar-refractivity contribution in [2.24, 2.45) is 0 Å². The van der Waals surface area contributed by atoms with Gasteiger partial charge < -0.3 is 14.5 Å². The number of ether oxygens (including phenoxy) is 1. The smallest absolute Gasteiger partial charge is 0.224 e. The van der Waals surface area contributed by atoms with E-state index in [0.29, 0.717) is 28.8 Å². The fourth-order valence-electron chi connectivity index (χ4n) is 2.20. The van der Waals surface area contributed by atoms with Crippen LogP contribution in [-0.4, -0.2) is 18.0 Å². The van der Waals surface area contributed by atoms with Crippen LogP contribution in [0.5, 0.6) is 5.75 Å². The van der Waals surface area contributed by atoms with Gasteiger partial charge in [0, 0.05) is 23.3 Å². The van der Waals surface area contributed by atoms with Gasteiger partial charge in [0.05, 0.1) is 18.5 Å². The van der Waals surface area contributed by atoms with Crippen molar-refractivity contribution >= 4 is 23.2 Å². The number of nitrogens with one attached hydrogen (secondary N) is 1. The number of anilines is 1. The second-order valence-electron chi connectivity index (χ2n) is 6.67. The zero-order chi connectivity index (χ0) is 17.9. The Morgan fingerprint density at radius 1 is 1.38 bits per heavy atom.